The number of hydrogen-bond acceptors (Lipinski definition) is 4. The van der Waals surface area contributed by atoms with Crippen LogP contribution >= 0.6 is 11.6 Å². The Morgan fingerprint density at radius 1 is 1.33 bits per heavy atom. The zero-order chi connectivity index (χ0) is 13.0. The van der Waals surface area contributed by atoms with Crippen LogP contribution in [0, 0.1) is 6.92 Å². The molecular formula is C13H21ClN4. The number of nitrogens with one attached hydrogen (secondary N) is 1. The van der Waals surface area contributed by atoms with E-state index in [0.29, 0.717) is 11.3 Å². The highest BCUT2D eigenvalue weighted by Gasteiger charge is 2.13. The molecule has 1 fully saturated rings. The van der Waals surface area contributed by atoms with Crippen molar-refractivity contribution in [1.29, 1.82) is 0 Å². The molecule has 0 aliphatic carbocycles. The Morgan fingerprint density at radius 3 is 2.72 bits per heavy atom. The van der Waals surface area contributed by atoms with E-state index in [4.69, 9.17) is 11.6 Å². The van der Waals surface area contributed by atoms with E-state index in [1.165, 1.54) is 32.4 Å². The summed E-state index contributed by atoms with van der Waals surface area (Å²) in [6.07, 6.45) is 4.02. The van der Waals surface area contributed by atoms with Crippen molar-refractivity contribution < 1.29 is 0 Å². The molecule has 4 nitrogen and oxygen atoms in total. The largest absolute Gasteiger partial charge is 0.366 e. The van der Waals surface area contributed by atoms with Gasteiger partial charge < -0.3 is 10.2 Å². The molecule has 0 spiro atoms. The average Bonchev–Trinajstić information content (AvgIpc) is 2.28. The number of hydrogen-bond donors (Lipinski definition) is 1. The van der Waals surface area contributed by atoms with Crippen molar-refractivity contribution in [3.8, 4) is 0 Å². The molecule has 1 N–H and O–H groups in total. The zero-order valence-electron chi connectivity index (χ0n) is 11.1. The van der Waals surface area contributed by atoms with E-state index in [2.05, 4.69) is 27.1 Å². The SMILES string of the molecule is Cc1cc(NC(C)CN2CCCCC2)nc(Cl)n1. The Hall–Kier alpha value is -0.870. The highest BCUT2D eigenvalue weighted by atomic mass is 35.5. The smallest absolute Gasteiger partial charge is 0.224 e. The molecule has 1 aromatic rings. The summed E-state index contributed by atoms with van der Waals surface area (Å²) < 4.78 is 0. The summed E-state index contributed by atoms with van der Waals surface area (Å²) in [7, 11) is 0. The Balaban J connectivity index is 1.87. The number of piperidine rings is 1. The van der Waals surface area contributed by atoms with Gasteiger partial charge in [0.2, 0.25) is 5.28 Å². The van der Waals surface area contributed by atoms with Crippen molar-refractivity contribution >= 4 is 17.4 Å². The third-order valence-electron chi connectivity index (χ3n) is 3.20. The van der Waals surface area contributed by atoms with E-state index in [9.17, 15) is 0 Å². The lowest BCUT2D eigenvalue weighted by Gasteiger charge is -2.29. The third kappa shape index (κ3) is 4.10. The number of anilines is 1. The number of nitrogens with zero attached hydrogens (tertiary/aromatic N) is 3. The van der Waals surface area contributed by atoms with Gasteiger partial charge in [0.05, 0.1) is 0 Å². The summed E-state index contributed by atoms with van der Waals surface area (Å²) in [6.45, 7) is 7.60. The second-order valence-corrected chi connectivity index (χ2v) is 5.41. The summed E-state index contributed by atoms with van der Waals surface area (Å²) in [5.74, 6) is 0.817. The van der Waals surface area contributed by atoms with Crippen LogP contribution in [0.25, 0.3) is 0 Å². The van der Waals surface area contributed by atoms with Gasteiger partial charge in [0, 0.05) is 24.3 Å². The lowest BCUT2D eigenvalue weighted by atomic mass is 10.1. The van der Waals surface area contributed by atoms with Crippen LogP contribution in [-0.2, 0) is 0 Å². The van der Waals surface area contributed by atoms with Crippen LogP contribution in [0.3, 0.4) is 0 Å². The Labute approximate surface area is 114 Å². The van der Waals surface area contributed by atoms with Crippen molar-refractivity contribution in [3.05, 3.63) is 17.0 Å². The molecule has 1 unspecified atom stereocenters. The minimum Gasteiger partial charge on any atom is -0.366 e. The van der Waals surface area contributed by atoms with Crippen LogP contribution in [0.4, 0.5) is 5.82 Å². The fraction of sp³-hybridized carbons (Fsp3) is 0.692. The van der Waals surface area contributed by atoms with Crippen LogP contribution in [0.2, 0.25) is 5.28 Å². The highest BCUT2D eigenvalue weighted by molar-refractivity contribution is 6.28. The van der Waals surface area contributed by atoms with Crippen molar-refractivity contribution in [3.63, 3.8) is 0 Å². The van der Waals surface area contributed by atoms with Gasteiger partial charge in [-0.2, -0.15) is 0 Å². The summed E-state index contributed by atoms with van der Waals surface area (Å²) in [6, 6.07) is 2.30. The van der Waals surface area contributed by atoms with Gasteiger partial charge >= 0.3 is 0 Å². The summed E-state index contributed by atoms with van der Waals surface area (Å²) in [4.78, 5) is 10.8. The van der Waals surface area contributed by atoms with Gasteiger partial charge in [0.25, 0.3) is 0 Å². The number of aromatic nitrogens is 2. The Bertz CT molecular complexity index is 370. The van der Waals surface area contributed by atoms with Gasteiger partial charge in [0.15, 0.2) is 0 Å². The van der Waals surface area contributed by atoms with E-state index in [1.807, 2.05) is 13.0 Å². The van der Waals surface area contributed by atoms with E-state index in [1.54, 1.807) is 0 Å². The highest BCUT2D eigenvalue weighted by Crippen LogP contribution is 2.13. The first-order valence-corrected chi connectivity index (χ1v) is 7.01. The standard InChI is InChI=1S/C13H21ClN4/c1-10-8-12(17-13(14)16-10)15-11(2)9-18-6-4-3-5-7-18/h8,11H,3-7,9H2,1-2H3,(H,15,16,17). The monoisotopic (exact) mass is 268 g/mol. The normalized spacial score (nSPS) is 18.6. The van der Waals surface area contributed by atoms with Gasteiger partial charge in [-0.3, -0.25) is 0 Å². The molecule has 5 heteroatoms. The van der Waals surface area contributed by atoms with Gasteiger partial charge in [-0.05, 0) is 51.4 Å². The molecule has 100 valence electrons. The number of likely N-dealkylation sites (tertiary alicyclic amines) is 1. The van der Waals surface area contributed by atoms with Crippen LogP contribution < -0.4 is 5.32 Å². The van der Waals surface area contributed by atoms with Crippen LogP contribution in [0.1, 0.15) is 31.9 Å². The Morgan fingerprint density at radius 2 is 2.06 bits per heavy atom. The van der Waals surface area contributed by atoms with E-state index in [-0.39, 0.29) is 0 Å². The molecule has 0 bridgehead atoms. The lowest BCUT2D eigenvalue weighted by Crippen LogP contribution is -2.38. The summed E-state index contributed by atoms with van der Waals surface area (Å²) in [5, 5.41) is 3.70. The number of aryl methyl sites for hydroxylation is 1. The minimum absolute atomic E-state index is 0.308. The van der Waals surface area contributed by atoms with Crippen LogP contribution in [0.5, 0.6) is 0 Å². The first-order valence-electron chi connectivity index (χ1n) is 6.63. The zero-order valence-corrected chi connectivity index (χ0v) is 11.9. The lowest BCUT2D eigenvalue weighted by molar-refractivity contribution is 0.223. The van der Waals surface area contributed by atoms with Crippen LogP contribution in [0.15, 0.2) is 6.07 Å². The molecule has 2 rings (SSSR count). The molecular weight excluding hydrogens is 248 g/mol. The van der Waals surface area contributed by atoms with Crippen molar-refractivity contribution in [2.75, 3.05) is 25.0 Å². The molecule has 1 atom stereocenters. The molecule has 0 amide bonds. The molecule has 1 aliphatic heterocycles. The fourth-order valence-electron chi connectivity index (χ4n) is 2.43. The van der Waals surface area contributed by atoms with E-state index < -0.39 is 0 Å². The molecule has 2 heterocycles. The summed E-state index contributed by atoms with van der Waals surface area (Å²) >= 11 is 5.85. The van der Waals surface area contributed by atoms with Gasteiger partial charge in [-0.15, -0.1) is 0 Å². The maximum absolute atomic E-state index is 5.85. The average molecular weight is 269 g/mol. The van der Waals surface area contributed by atoms with Gasteiger partial charge in [-0.1, -0.05) is 6.42 Å². The third-order valence-corrected chi connectivity index (χ3v) is 3.37. The second kappa shape index (κ2) is 6.34. The second-order valence-electron chi connectivity index (χ2n) is 5.07. The van der Waals surface area contributed by atoms with Crippen molar-refractivity contribution in [2.45, 2.75) is 39.2 Å². The first-order chi connectivity index (χ1) is 8.63. The van der Waals surface area contributed by atoms with Gasteiger partial charge in [-0.25, -0.2) is 9.97 Å². The maximum Gasteiger partial charge on any atom is 0.224 e. The minimum atomic E-state index is 0.308. The quantitative estimate of drug-likeness (QED) is 0.853. The van der Waals surface area contributed by atoms with E-state index in [0.717, 1.165) is 18.1 Å². The molecule has 1 saturated heterocycles. The summed E-state index contributed by atoms with van der Waals surface area (Å²) in [5.41, 5.74) is 0.891. The molecule has 0 aromatic carbocycles. The first kappa shape index (κ1) is 13.6. The fourth-order valence-corrected chi connectivity index (χ4v) is 2.66. The topological polar surface area (TPSA) is 41.0 Å². The van der Waals surface area contributed by atoms with Crippen LogP contribution in [-0.4, -0.2) is 40.5 Å². The predicted octanol–water partition coefficient (Wildman–Crippen LogP) is 2.72. The molecule has 1 aliphatic rings. The molecule has 18 heavy (non-hydrogen) atoms. The molecule has 0 radical (unpaired) electrons. The van der Waals surface area contributed by atoms with Crippen molar-refractivity contribution in [1.82, 2.24) is 14.9 Å². The molecule has 0 saturated carbocycles. The van der Waals surface area contributed by atoms with Gasteiger partial charge in [0.1, 0.15) is 5.82 Å². The maximum atomic E-state index is 5.85. The Kier molecular flexibility index (Phi) is 4.78. The van der Waals surface area contributed by atoms with Crippen molar-refractivity contribution in [2.24, 2.45) is 0 Å². The molecule has 1 aromatic heterocycles. The number of halogens is 1. The predicted molar refractivity (Wildman–Crippen MR) is 75.2 cm³/mol. The number of rotatable bonds is 4. The van der Waals surface area contributed by atoms with E-state index >= 15 is 0 Å².